The number of rotatable bonds is 2. The number of benzene rings is 1. The minimum absolute atomic E-state index is 0.00164. The van der Waals surface area contributed by atoms with E-state index >= 15 is 0 Å². The number of carbonyl (C=O) groups is 1. The number of pyridine rings is 1. The van der Waals surface area contributed by atoms with E-state index in [0.29, 0.717) is 0 Å². The summed E-state index contributed by atoms with van der Waals surface area (Å²) in [6.45, 7) is 0. The molecule has 0 spiro atoms. The largest absolute Gasteiger partial charge is 0.478 e. The van der Waals surface area contributed by atoms with E-state index in [-0.39, 0.29) is 47.6 Å². The van der Waals surface area contributed by atoms with Crippen molar-refractivity contribution in [3.63, 3.8) is 0 Å². The van der Waals surface area contributed by atoms with Gasteiger partial charge in [-0.15, -0.1) is 0 Å². The molecule has 0 bridgehead atoms. The van der Waals surface area contributed by atoms with Gasteiger partial charge >= 0.3 is 5.97 Å². The van der Waals surface area contributed by atoms with Gasteiger partial charge < -0.3 is 10.8 Å². The fraction of sp³-hybridized carbons (Fsp3) is 0. The Kier molecular flexibility index (Phi) is 4.76. The number of carboxylic acid groups (broad SMARTS) is 1. The number of nitrogen functional groups attached to an aromatic ring is 1. The third-order valence-corrected chi connectivity index (χ3v) is 4.91. The van der Waals surface area contributed by atoms with Gasteiger partial charge in [0.25, 0.3) is 0 Å². The van der Waals surface area contributed by atoms with E-state index < -0.39 is 5.97 Å². The molecule has 0 aliphatic heterocycles. The van der Waals surface area contributed by atoms with Gasteiger partial charge in [-0.3, -0.25) is 4.98 Å². The van der Waals surface area contributed by atoms with Gasteiger partial charge in [-0.1, -0.05) is 58.0 Å². The minimum Gasteiger partial charge on any atom is -0.478 e. The predicted molar refractivity (Wildman–Crippen MR) is 86.1 cm³/mol. The van der Waals surface area contributed by atoms with Crippen LogP contribution in [-0.2, 0) is 0 Å². The Bertz CT molecular complexity index is 735. The molecular formula is C12H5Cl5N2O2. The Morgan fingerprint density at radius 2 is 1.48 bits per heavy atom. The molecule has 0 amide bonds. The first-order valence-corrected chi connectivity index (χ1v) is 7.15. The number of hydrogen-bond acceptors (Lipinski definition) is 3. The van der Waals surface area contributed by atoms with Crippen molar-refractivity contribution in [3.8, 4) is 11.3 Å². The zero-order chi connectivity index (χ0) is 15.9. The van der Waals surface area contributed by atoms with Gasteiger partial charge in [0.1, 0.15) is 0 Å². The molecule has 0 fully saturated rings. The Labute approximate surface area is 144 Å². The van der Waals surface area contributed by atoms with Crippen LogP contribution >= 0.6 is 58.0 Å². The number of aromatic nitrogens is 1. The SMILES string of the molecule is Nc1cnc(-c2c(Cl)c(Cl)c(Cl)c(Cl)c2Cl)cc1C(=O)O. The summed E-state index contributed by atoms with van der Waals surface area (Å²) < 4.78 is 0. The van der Waals surface area contributed by atoms with Gasteiger partial charge in [0.15, 0.2) is 0 Å². The quantitative estimate of drug-likeness (QED) is 0.543. The van der Waals surface area contributed by atoms with Crippen LogP contribution in [-0.4, -0.2) is 16.1 Å². The molecule has 110 valence electrons. The van der Waals surface area contributed by atoms with Crippen molar-refractivity contribution in [3.05, 3.63) is 42.9 Å². The van der Waals surface area contributed by atoms with Crippen molar-refractivity contribution in [1.82, 2.24) is 4.98 Å². The summed E-state index contributed by atoms with van der Waals surface area (Å²) in [7, 11) is 0. The fourth-order valence-electron chi connectivity index (χ4n) is 1.62. The first kappa shape index (κ1) is 16.5. The molecule has 3 N–H and O–H groups in total. The van der Waals surface area contributed by atoms with Crippen LogP contribution < -0.4 is 5.73 Å². The summed E-state index contributed by atoms with van der Waals surface area (Å²) in [5.74, 6) is -1.21. The van der Waals surface area contributed by atoms with Crippen molar-refractivity contribution in [2.24, 2.45) is 0 Å². The van der Waals surface area contributed by atoms with E-state index in [2.05, 4.69) is 4.98 Å². The summed E-state index contributed by atoms with van der Waals surface area (Å²) in [5, 5.41) is 9.12. The molecule has 21 heavy (non-hydrogen) atoms. The topological polar surface area (TPSA) is 76.2 Å². The van der Waals surface area contributed by atoms with E-state index in [1.807, 2.05) is 0 Å². The first-order valence-electron chi connectivity index (χ1n) is 5.26. The zero-order valence-electron chi connectivity index (χ0n) is 9.92. The van der Waals surface area contributed by atoms with E-state index in [9.17, 15) is 4.79 Å². The van der Waals surface area contributed by atoms with E-state index in [4.69, 9.17) is 68.8 Å². The highest BCUT2D eigenvalue weighted by atomic mass is 35.5. The molecule has 1 aromatic carbocycles. The Morgan fingerprint density at radius 1 is 1.00 bits per heavy atom. The minimum atomic E-state index is -1.21. The second kappa shape index (κ2) is 6.07. The number of nitrogens with two attached hydrogens (primary N) is 1. The van der Waals surface area contributed by atoms with Crippen LogP contribution in [0.4, 0.5) is 5.69 Å². The van der Waals surface area contributed by atoms with Gasteiger partial charge in [0, 0.05) is 5.56 Å². The van der Waals surface area contributed by atoms with Gasteiger partial charge in [-0.05, 0) is 6.07 Å². The normalized spacial score (nSPS) is 10.7. The molecular weight excluding hydrogens is 381 g/mol. The molecule has 0 atom stereocenters. The number of hydrogen-bond donors (Lipinski definition) is 2. The lowest BCUT2D eigenvalue weighted by atomic mass is 10.1. The summed E-state index contributed by atoms with van der Waals surface area (Å²) in [6, 6.07) is 1.23. The Morgan fingerprint density at radius 3 is 1.95 bits per heavy atom. The maximum absolute atomic E-state index is 11.1. The van der Waals surface area contributed by atoms with E-state index in [0.717, 1.165) is 0 Å². The molecule has 0 unspecified atom stereocenters. The average molecular weight is 386 g/mol. The van der Waals surface area contributed by atoms with Crippen LogP contribution in [0.2, 0.25) is 25.1 Å². The maximum atomic E-state index is 11.1. The van der Waals surface area contributed by atoms with E-state index in [1.54, 1.807) is 0 Å². The lowest BCUT2D eigenvalue weighted by molar-refractivity contribution is 0.0698. The molecule has 9 heteroatoms. The molecule has 0 saturated heterocycles. The monoisotopic (exact) mass is 384 g/mol. The molecule has 1 heterocycles. The smallest absolute Gasteiger partial charge is 0.337 e. The van der Waals surface area contributed by atoms with Gasteiger partial charge in [-0.2, -0.15) is 0 Å². The number of carboxylic acids is 1. The number of anilines is 1. The fourth-order valence-corrected chi connectivity index (χ4v) is 2.95. The van der Waals surface area contributed by atoms with Crippen LogP contribution in [0.25, 0.3) is 11.3 Å². The van der Waals surface area contributed by atoms with Crippen LogP contribution in [0.15, 0.2) is 12.3 Å². The van der Waals surface area contributed by atoms with E-state index in [1.165, 1.54) is 12.3 Å². The molecule has 1 aromatic heterocycles. The molecule has 0 aliphatic carbocycles. The lowest BCUT2D eigenvalue weighted by Gasteiger charge is -2.13. The van der Waals surface area contributed by atoms with Crippen molar-refractivity contribution in [2.75, 3.05) is 5.73 Å². The standard InChI is InChI=1S/C12H5Cl5N2O2/c13-7-6(8(14)10(16)11(17)9(7)15)5-1-3(12(20)21)4(18)2-19-5/h1-2H,18H2,(H,20,21). The first-order chi connectivity index (χ1) is 9.75. The van der Waals surface area contributed by atoms with Crippen molar-refractivity contribution in [2.45, 2.75) is 0 Å². The molecule has 0 aliphatic rings. The molecule has 0 saturated carbocycles. The van der Waals surface area contributed by atoms with Crippen LogP contribution in [0.5, 0.6) is 0 Å². The Hall–Kier alpha value is -0.910. The second-order valence-corrected chi connectivity index (χ2v) is 5.80. The van der Waals surface area contributed by atoms with Crippen LogP contribution in [0.3, 0.4) is 0 Å². The predicted octanol–water partition coefficient (Wildman–Crippen LogP) is 5.30. The van der Waals surface area contributed by atoms with Gasteiger partial charge in [-0.25, -0.2) is 4.79 Å². The molecule has 2 aromatic rings. The molecule has 4 nitrogen and oxygen atoms in total. The molecule has 2 rings (SSSR count). The average Bonchev–Trinajstić information content (AvgIpc) is 2.44. The molecule has 0 radical (unpaired) electrons. The summed E-state index contributed by atoms with van der Waals surface area (Å²) in [4.78, 5) is 15.1. The van der Waals surface area contributed by atoms with Crippen molar-refractivity contribution < 1.29 is 9.90 Å². The van der Waals surface area contributed by atoms with Gasteiger partial charge in [0.05, 0.1) is 48.3 Å². The summed E-state index contributed by atoms with van der Waals surface area (Å²) in [6.07, 6.45) is 1.18. The number of halogens is 5. The maximum Gasteiger partial charge on any atom is 0.337 e. The highest BCUT2D eigenvalue weighted by Gasteiger charge is 2.22. The third-order valence-electron chi connectivity index (χ3n) is 2.63. The third kappa shape index (κ3) is 2.87. The van der Waals surface area contributed by atoms with Crippen LogP contribution in [0.1, 0.15) is 10.4 Å². The highest BCUT2D eigenvalue weighted by Crippen LogP contribution is 2.47. The van der Waals surface area contributed by atoms with Crippen LogP contribution in [0, 0.1) is 0 Å². The van der Waals surface area contributed by atoms with Gasteiger partial charge in [0.2, 0.25) is 0 Å². The highest BCUT2D eigenvalue weighted by molar-refractivity contribution is 6.56. The number of aromatic carboxylic acids is 1. The number of nitrogens with zero attached hydrogens (tertiary/aromatic N) is 1. The lowest BCUT2D eigenvalue weighted by Crippen LogP contribution is -2.04. The Balaban J connectivity index is 2.80. The van der Waals surface area contributed by atoms with Crippen molar-refractivity contribution in [1.29, 1.82) is 0 Å². The summed E-state index contributed by atoms with van der Waals surface area (Å²) >= 11 is 30.0. The summed E-state index contributed by atoms with van der Waals surface area (Å²) in [5.41, 5.74) is 5.75. The second-order valence-electron chi connectivity index (χ2n) is 3.91. The van der Waals surface area contributed by atoms with Crippen molar-refractivity contribution >= 4 is 69.7 Å². The zero-order valence-corrected chi connectivity index (χ0v) is 13.7.